The Morgan fingerprint density at radius 1 is 1.03 bits per heavy atom. The number of hydrogen-bond donors (Lipinski definition) is 2. The van der Waals surface area contributed by atoms with Gasteiger partial charge >= 0.3 is 0 Å². The Bertz CT molecular complexity index is 1140. The van der Waals surface area contributed by atoms with Crippen molar-refractivity contribution in [1.29, 1.82) is 5.26 Å². The van der Waals surface area contributed by atoms with Crippen LogP contribution < -0.4 is 15.5 Å². The molecule has 6 heteroatoms. The largest absolute Gasteiger partial charge is 0.367 e. The molecule has 1 heterocycles. The molecule has 0 atom stereocenters. The second-order valence-electron chi connectivity index (χ2n) is 7.38. The van der Waals surface area contributed by atoms with Crippen LogP contribution in [0.2, 0.25) is 0 Å². The number of carbonyl (C=O) groups excluding carboxylic acids is 1. The van der Waals surface area contributed by atoms with Crippen LogP contribution in [-0.2, 0) is 13.0 Å². The molecule has 1 aliphatic heterocycles. The number of nitrogens with zero attached hydrogens (tertiary/aromatic N) is 2. The minimum absolute atomic E-state index is 0.169. The van der Waals surface area contributed by atoms with E-state index in [9.17, 15) is 10.1 Å². The van der Waals surface area contributed by atoms with Crippen LogP contribution in [0.15, 0.2) is 72.8 Å². The van der Waals surface area contributed by atoms with Gasteiger partial charge < -0.3 is 10.2 Å². The van der Waals surface area contributed by atoms with E-state index in [2.05, 4.69) is 33.7 Å². The van der Waals surface area contributed by atoms with Crippen LogP contribution in [0.5, 0.6) is 0 Å². The maximum atomic E-state index is 12.3. The minimum Gasteiger partial charge on any atom is -0.367 e. The zero-order chi connectivity index (χ0) is 21.6. The monoisotopic (exact) mass is 426 g/mol. The summed E-state index contributed by atoms with van der Waals surface area (Å²) in [5.41, 5.74) is 5.05. The van der Waals surface area contributed by atoms with Gasteiger partial charge in [-0.2, -0.15) is 5.26 Å². The van der Waals surface area contributed by atoms with Crippen molar-refractivity contribution in [1.82, 2.24) is 5.32 Å². The fraction of sp³-hybridized carbons (Fsp3) is 0.160. The van der Waals surface area contributed by atoms with E-state index in [1.54, 1.807) is 24.3 Å². The first kappa shape index (κ1) is 20.6. The molecule has 0 radical (unpaired) electrons. The number of amides is 1. The normalized spacial score (nSPS) is 12.4. The molecule has 3 aromatic carbocycles. The Morgan fingerprint density at radius 3 is 2.45 bits per heavy atom. The lowest BCUT2D eigenvalue weighted by molar-refractivity contribution is 0.0977. The number of nitriles is 1. The second-order valence-corrected chi connectivity index (χ2v) is 7.79. The summed E-state index contributed by atoms with van der Waals surface area (Å²) in [4.78, 5) is 14.7. The number of fused-ring (bicyclic) bond motifs is 1. The lowest BCUT2D eigenvalue weighted by Gasteiger charge is -2.32. The van der Waals surface area contributed by atoms with E-state index >= 15 is 0 Å². The Morgan fingerprint density at radius 2 is 1.74 bits per heavy atom. The van der Waals surface area contributed by atoms with Crippen LogP contribution in [0.3, 0.4) is 0 Å². The SMILES string of the molecule is N#Cc1c(NC(=S)NC(=O)c2ccccc2)ccc2c1CCCN2Cc1ccccc1. The Balaban J connectivity index is 1.53. The Labute approximate surface area is 187 Å². The topological polar surface area (TPSA) is 68.2 Å². The van der Waals surface area contributed by atoms with Gasteiger partial charge in [0.05, 0.1) is 11.3 Å². The van der Waals surface area contributed by atoms with Gasteiger partial charge in [-0.3, -0.25) is 10.1 Å². The lowest BCUT2D eigenvalue weighted by atomic mass is 9.95. The molecule has 31 heavy (non-hydrogen) atoms. The van der Waals surface area contributed by atoms with Crippen molar-refractivity contribution in [2.45, 2.75) is 19.4 Å². The average molecular weight is 427 g/mol. The lowest BCUT2D eigenvalue weighted by Crippen LogP contribution is -2.34. The third-order valence-electron chi connectivity index (χ3n) is 5.32. The fourth-order valence-electron chi connectivity index (χ4n) is 3.87. The van der Waals surface area contributed by atoms with E-state index in [0.29, 0.717) is 16.8 Å². The molecule has 0 aliphatic carbocycles. The van der Waals surface area contributed by atoms with Crippen molar-refractivity contribution >= 4 is 34.6 Å². The highest BCUT2D eigenvalue weighted by molar-refractivity contribution is 7.80. The number of carbonyl (C=O) groups is 1. The first-order chi connectivity index (χ1) is 15.2. The van der Waals surface area contributed by atoms with Crippen LogP contribution in [0, 0.1) is 11.3 Å². The van der Waals surface area contributed by atoms with Gasteiger partial charge in [0, 0.05) is 24.3 Å². The molecule has 2 N–H and O–H groups in total. The van der Waals surface area contributed by atoms with E-state index in [4.69, 9.17) is 12.2 Å². The summed E-state index contributed by atoms with van der Waals surface area (Å²) in [6, 6.07) is 25.4. The van der Waals surface area contributed by atoms with Crippen LogP contribution in [0.25, 0.3) is 0 Å². The molecule has 0 unspecified atom stereocenters. The first-order valence-electron chi connectivity index (χ1n) is 10.2. The van der Waals surface area contributed by atoms with E-state index < -0.39 is 0 Å². The van der Waals surface area contributed by atoms with Crippen molar-refractivity contribution in [2.75, 3.05) is 16.8 Å². The van der Waals surface area contributed by atoms with Gasteiger partial charge in [-0.15, -0.1) is 0 Å². The number of thiocarbonyl (C=S) groups is 1. The smallest absolute Gasteiger partial charge is 0.257 e. The molecule has 0 saturated heterocycles. The molecule has 4 rings (SSSR count). The molecule has 1 aliphatic rings. The maximum absolute atomic E-state index is 12.3. The molecule has 1 amide bonds. The minimum atomic E-state index is -0.288. The summed E-state index contributed by atoms with van der Waals surface area (Å²) in [7, 11) is 0. The van der Waals surface area contributed by atoms with Crippen LogP contribution in [0.1, 0.15) is 33.5 Å². The van der Waals surface area contributed by atoms with Crippen molar-refractivity contribution in [3.05, 3.63) is 95.1 Å². The average Bonchev–Trinajstić information content (AvgIpc) is 2.80. The van der Waals surface area contributed by atoms with Gasteiger partial charge in [0.2, 0.25) is 0 Å². The number of benzene rings is 3. The number of rotatable bonds is 4. The molecule has 0 bridgehead atoms. The van der Waals surface area contributed by atoms with E-state index in [1.807, 2.05) is 36.4 Å². The molecular weight excluding hydrogens is 404 g/mol. The molecule has 5 nitrogen and oxygen atoms in total. The third-order valence-corrected chi connectivity index (χ3v) is 5.53. The maximum Gasteiger partial charge on any atom is 0.257 e. The van der Waals surface area contributed by atoms with Crippen molar-refractivity contribution in [3.8, 4) is 6.07 Å². The third kappa shape index (κ3) is 4.73. The van der Waals surface area contributed by atoms with Gasteiger partial charge in [0.15, 0.2) is 5.11 Å². The zero-order valence-corrected chi connectivity index (χ0v) is 17.8. The standard InChI is InChI=1S/C25H22N4OS/c26-16-21-20-12-7-15-29(17-18-8-3-1-4-9-18)23(20)14-13-22(21)27-25(31)28-24(30)19-10-5-2-6-11-19/h1-6,8-11,13-14H,7,12,15,17H2,(H2,27,28,30,31). The van der Waals surface area contributed by atoms with Gasteiger partial charge in [-0.05, 0) is 60.5 Å². The Kier molecular flexibility index (Phi) is 6.25. The molecule has 0 spiro atoms. The van der Waals surface area contributed by atoms with Gasteiger partial charge in [0.1, 0.15) is 6.07 Å². The second kappa shape index (κ2) is 9.41. The summed E-state index contributed by atoms with van der Waals surface area (Å²) >= 11 is 5.32. The molecule has 0 saturated carbocycles. The quantitative estimate of drug-likeness (QED) is 0.595. The van der Waals surface area contributed by atoms with Crippen LogP contribution in [-0.4, -0.2) is 17.6 Å². The highest BCUT2D eigenvalue weighted by Gasteiger charge is 2.22. The molecule has 3 aromatic rings. The molecule has 0 fully saturated rings. The number of anilines is 2. The predicted molar refractivity (Wildman–Crippen MR) is 127 cm³/mol. The molecule has 0 aromatic heterocycles. The Hall–Kier alpha value is -3.69. The first-order valence-corrected chi connectivity index (χ1v) is 10.6. The van der Waals surface area contributed by atoms with Gasteiger partial charge in [-0.1, -0.05) is 48.5 Å². The van der Waals surface area contributed by atoms with Crippen molar-refractivity contribution in [3.63, 3.8) is 0 Å². The predicted octanol–water partition coefficient (Wildman–Crippen LogP) is 4.64. The van der Waals surface area contributed by atoms with Crippen LogP contribution >= 0.6 is 12.2 Å². The number of hydrogen-bond acceptors (Lipinski definition) is 4. The summed E-state index contributed by atoms with van der Waals surface area (Å²) in [5, 5.41) is 15.8. The fourth-order valence-corrected chi connectivity index (χ4v) is 4.07. The van der Waals surface area contributed by atoms with E-state index in [1.165, 1.54) is 5.56 Å². The van der Waals surface area contributed by atoms with Crippen LogP contribution in [0.4, 0.5) is 11.4 Å². The van der Waals surface area contributed by atoms with Gasteiger partial charge in [-0.25, -0.2) is 0 Å². The van der Waals surface area contributed by atoms with Crippen molar-refractivity contribution in [2.24, 2.45) is 0 Å². The summed E-state index contributed by atoms with van der Waals surface area (Å²) in [5.74, 6) is -0.288. The van der Waals surface area contributed by atoms with E-state index in [-0.39, 0.29) is 11.0 Å². The highest BCUT2D eigenvalue weighted by Crippen LogP contribution is 2.34. The van der Waals surface area contributed by atoms with E-state index in [0.717, 1.165) is 37.2 Å². The molecular formula is C25H22N4OS. The summed E-state index contributed by atoms with van der Waals surface area (Å²) in [6.07, 6.45) is 1.81. The van der Waals surface area contributed by atoms with Crippen molar-refractivity contribution < 1.29 is 4.79 Å². The summed E-state index contributed by atoms with van der Waals surface area (Å²) in [6.45, 7) is 1.75. The number of nitrogens with one attached hydrogen (secondary N) is 2. The van der Waals surface area contributed by atoms with Gasteiger partial charge in [0.25, 0.3) is 5.91 Å². The summed E-state index contributed by atoms with van der Waals surface area (Å²) < 4.78 is 0. The highest BCUT2D eigenvalue weighted by atomic mass is 32.1. The zero-order valence-electron chi connectivity index (χ0n) is 17.0. The molecule has 154 valence electrons.